The summed E-state index contributed by atoms with van der Waals surface area (Å²) in [4.78, 5) is 0. The molecule has 0 aliphatic rings. The third-order valence-corrected chi connectivity index (χ3v) is 2.79. The van der Waals surface area contributed by atoms with Crippen LogP contribution in [0.5, 0.6) is 5.75 Å². The molecule has 1 rings (SSSR count). The van der Waals surface area contributed by atoms with Crippen molar-refractivity contribution in [1.82, 2.24) is 5.32 Å². The SMILES string of the molecule is CCCOCC(NC)c1ccc(Cl)cc1OC. The van der Waals surface area contributed by atoms with Gasteiger partial charge >= 0.3 is 0 Å². The van der Waals surface area contributed by atoms with Crippen molar-refractivity contribution in [3.8, 4) is 5.75 Å². The molecule has 1 aromatic carbocycles. The van der Waals surface area contributed by atoms with Gasteiger partial charge in [-0.2, -0.15) is 0 Å². The molecule has 1 unspecified atom stereocenters. The summed E-state index contributed by atoms with van der Waals surface area (Å²) < 4.78 is 10.9. The Labute approximate surface area is 108 Å². The summed E-state index contributed by atoms with van der Waals surface area (Å²) >= 11 is 5.94. The lowest BCUT2D eigenvalue weighted by Crippen LogP contribution is -2.22. The van der Waals surface area contributed by atoms with E-state index in [0.717, 1.165) is 24.3 Å². The van der Waals surface area contributed by atoms with E-state index in [1.54, 1.807) is 7.11 Å². The van der Waals surface area contributed by atoms with Crippen LogP contribution in [0.4, 0.5) is 0 Å². The molecule has 96 valence electrons. The first-order chi connectivity index (χ1) is 8.22. The van der Waals surface area contributed by atoms with Crippen molar-refractivity contribution in [2.45, 2.75) is 19.4 Å². The number of halogens is 1. The molecule has 0 fully saturated rings. The molecule has 0 aromatic heterocycles. The standard InChI is InChI=1S/C13H20ClNO2/c1-4-7-17-9-12(15-2)11-6-5-10(14)8-13(11)16-3/h5-6,8,12,15H,4,7,9H2,1-3H3. The van der Waals surface area contributed by atoms with Gasteiger partial charge in [-0.1, -0.05) is 24.6 Å². The lowest BCUT2D eigenvalue weighted by atomic mass is 10.1. The average molecular weight is 258 g/mol. The number of hydrogen-bond donors (Lipinski definition) is 1. The third-order valence-electron chi connectivity index (χ3n) is 2.55. The third kappa shape index (κ3) is 4.19. The van der Waals surface area contributed by atoms with Gasteiger partial charge in [0.2, 0.25) is 0 Å². The van der Waals surface area contributed by atoms with Crippen LogP contribution >= 0.6 is 11.6 Å². The lowest BCUT2D eigenvalue weighted by Gasteiger charge is -2.19. The number of methoxy groups -OCH3 is 1. The molecule has 3 nitrogen and oxygen atoms in total. The van der Waals surface area contributed by atoms with E-state index in [9.17, 15) is 0 Å². The van der Waals surface area contributed by atoms with Gasteiger partial charge in [0.1, 0.15) is 5.75 Å². The molecule has 0 bridgehead atoms. The van der Waals surface area contributed by atoms with E-state index in [1.807, 2.05) is 25.2 Å². The highest BCUT2D eigenvalue weighted by Crippen LogP contribution is 2.28. The highest BCUT2D eigenvalue weighted by molar-refractivity contribution is 6.30. The number of benzene rings is 1. The second-order valence-electron chi connectivity index (χ2n) is 3.80. The molecule has 1 aromatic rings. The lowest BCUT2D eigenvalue weighted by molar-refractivity contribution is 0.113. The molecule has 0 amide bonds. The van der Waals surface area contributed by atoms with Crippen molar-refractivity contribution in [1.29, 1.82) is 0 Å². The van der Waals surface area contributed by atoms with Gasteiger partial charge < -0.3 is 14.8 Å². The van der Waals surface area contributed by atoms with E-state index >= 15 is 0 Å². The Hall–Kier alpha value is -0.770. The minimum atomic E-state index is 0.119. The second-order valence-corrected chi connectivity index (χ2v) is 4.24. The van der Waals surface area contributed by atoms with Crippen LogP contribution < -0.4 is 10.1 Å². The van der Waals surface area contributed by atoms with Crippen molar-refractivity contribution in [2.24, 2.45) is 0 Å². The Balaban J connectivity index is 2.79. The van der Waals surface area contributed by atoms with E-state index in [4.69, 9.17) is 21.1 Å². The maximum absolute atomic E-state index is 5.94. The average Bonchev–Trinajstić information content (AvgIpc) is 2.35. The number of likely N-dealkylation sites (N-methyl/N-ethyl adjacent to an activating group) is 1. The van der Waals surface area contributed by atoms with Gasteiger partial charge in [-0.25, -0.2) is 0 Å². The van der Waals surface area contributed by atoms with Crippen molar-refractivity contribution in [3.05, 3.63) is 28.8 Å². The molecule has 0 spiro atoms. The van der Waals surface area contributed by atoms with Crippen LogP contribution in [0.15, 0.2) is 18.2 Å². The van der Waals surface area contributed by atoms with Gasteiger partial charge in [-0.3, -0.25) is 0 Å². The minimum absolute atomic E-state index is 0.119. The van der Waals surface area contributed by atoms with E-state index in [-0.39, 0.29) is 6.04 Å². The molecule has 0 saturated heterocycles. The number of rotatable bonds is 7. The van der Waals surface area contributed by atoms with Gasteiger partial charge in [0, 0.05) is 17.2 Å². The second kappa shape index (κ2) is 7.54. The molecule has 0 radical (unpaired) electrons. The summed E-state index contributed by atoms with van der Waals surface area (Å²) in [6.45, 7) is 3.49. The smallest absolute Gasteiger partial charge is 0.125 e. The molecule has 1 N–H and O–H groups in total. The Morgan fingerprint density at radius 1 is 1.41 bits per heavy atom. The van der Waals surface area contributed by atoms with Crippen LogP contribution in [-0.4, -0.2) is 27.4 Å². The maximum Gasteiger partial charge on any atom is 0.125 e. The minimum Gasteiger partial charge on any atom is -0.496 e. The Morgan fingerprint density at radius 3 is 2.76 bits per heavy atom. The molecule has 17 heavy (non-hydrogen) atoms. The first kappa shape index (κ1) is 14.3. The topological polar surface area (TPSA) is 30.5 Å². The van der Waals surface area contributed by atoms with Crippen LogP contribution in [0.25, 0.3) is 0 Å². The Kier molecular flexibility index (Phi) is 6.34. The normalized spacial score (nSPS) is 12.5. The van der Waals surface area contributed by atoms with Crippen LogP contribution in [0.1, 0.15) is 24.9 Å². The van der Waals surface area contributed by atoms with Gasteiger partial charge in [-0.05, 0) is 25.6 Å². The fourth-order valence-electron chi connectivity index (χ4n) is 1.65. The predicted molar refractivity (Wildman–Crippen MR) is 70.9 cm³/mol. The highest BCUT2D eigenvalue weighted by atomic mass is 35.5. The predicted octanol–water partition coefficient (Wildman–Crippen LogP) is 3.04. The number of hydrogen-bond acceptors (Lipinski definition) is 3. The van der Waals surface area contributed by atoms with Gasteiger partial charge in [0.05, 0.1) is 19.8 Å². The van der Waals surface area contributed by atoms with Crippen molar-refractivity contribution in [3.63, 3.8) is 0 Å². The number of nitrogens with one attached hydrogen (secondary N) is 1. The summed E-state index contributed by atoms with van der Waals surface area (Å²) in [7, 11) is 3.56. The van der Waals surface area contributed by atoms with E-state index in [1.165, 1.54) is 0 Å². The molecule has 4 heteroatoms. The summed E-state index contributed by atoms with van der Waals surface area (Å²) in [5, 5.41) is 3.90. The first-order valence-corrected chi connectivity index (χ1v) is 6.19. The summed E-state index contributed by atoms with van der Waals surface area (Å²) in [5.41, 5.74) is 1.07. The molecule has 0 aliphatic carbocycles. The van der Waals surface area contributed by atoms with Gasteiger partial charge in [-0.15, -0.1) is 0 Å². The van der Waals surface area contributed by atoms with Gasteiger partial charge in [0.15, 0.2) is 0 Å². The van der Waals surface area contributed by atoms with Crippen LogP contribution in [-0.2, 0) is 4.74 Å². The molecule has 0 aliphatic heterocycles. The maximum atomic E-state index is 5.94. The molecule has 0 saturated carbocycles. The van der Waals surface area contributed by atoms with Crippen molar-refractivity contribution < 1.29 is 9.47 Å². The fourth-order valence-corrected chi connectivity index (χ4v) is 1.81. The summed E-state index contributed by atoms with van der Waals surface area (Å²) in [6.07, 6.45) is 1.02. The van der Waals surface area contributed by atoms with Crippen molar-refractivity contribution in [2.75, 3.05) is 27.4 Å². The Bertz CT molecular complexity index is 344. The summed E-state index contributed by atoms with van der Waals surface area (Å²) in [6, 6.07) is 5.77. The van der Waals surface area contributed by atoms with E-state index in [2.05, 4.69) is 12.2 Å². The Morgan fingerprint density at radius 2 is 2.18 bits per heavy atom. The summed E-state index contributed by atoms with van der Waals surface area (Å²) in [5.74, 6) is 0.789. The number of ether oxygens (including phenoxy) is 2. The largest absolute Gasteiger partial charge is 0.496 e. The fraction of sp³-hybridized carbons (Fsp3) is 0.538. The molecular weight excluding hydrogens is 238 g/mol. The molecule has 0 heterocycles. The first-order valence-electron chi connectivity index (χ1n) is 5.81. The zero-order valence-corrected chi connectivity index (χ0v) is 11.4. The molecule has 1 atom stereocenters. The van der Waals surface area contributed by atoms with E-state index < -0.39 is 0 Å². The van der Waals surface area contributed by atoms with Crippen LogP contribution in [0.3, 0.4) is 0 Å². The van der Waals surface area contributed by atoms with Crippen LogP contribution in [0.2, 0.25) is 5.02 Å². The zero-order chi connectivity index (χ0) is 12.7. The monoisotopic (exact) mass is 257 g/mol. The van der Waals surface area contributed by atoms with Crippen molar-refractivity contribution >= 4 is 11.6 Å². The zero-order valence-electron chi connectivity index (χ0n) is 10.6. The van der Waals surface area contributed by atoms with Gasteiger partial charge in [0.25, 0.3) is 0 Å². The van der Waals surface area contributed by atoms with E-state index in [0.29, 0.717) is 11.6 Å². The molecular formula is C13H20ClNO2. The quantitative estimate of drug-likeness (QED) is 0.762. The highest BCUT2D eigenvalue weighted by Gasteiger charge is 2.14. The van der Waals surface area contributed by atoms with Crippen LogP contribution in [0, 0.1) is 0 Å².